The predicted octanol–water partition coefficient (Wildman–Crippen LogP) is -0.290. The van der Waals surface area contributed by atoms with Crippen LogP contribution in [0.15, 0.2) is 34.0 Å². The maximum atomic E-state index is 11.4. The van der Waals surface area contributed by atoms with Crippen molar-refractivity contribution in [2.75, 3.05) is 36.0 Å². The Morgan fingerprint density at radius 1 is 1.00 bits per heavy atom. The fourth-order valence-electron chi connectivity index (χ4n) is 2.36. The monoisotopic (exact) mass is 259 g/mol. The van der Waals surface area contributed by atoms with Gasteiger partial charge < -0.3 is 14.9 Å². The van der Waals surface area contributed by atoms with E-state index in [4.69, 9.17) is 0 Å². The second-order valence-corrected chi connectivity index (χ2v) is 4.52. The molecule has 0 radical (unpaired) electrons. The summed E-state index contributed by atoms with van der Waals surface area (Å²) in [6, 6.07) is 5.73. The predicted molar refractivity (Wildman–Crippen MR) is 71.7 cm³/mol. The van der Waals surface area contributed by atoms with Crippen molar-refractivity contribution in [1.29, 1.82) is 0 Å². The first-order chi connectivity index (χ1) is 9.18. The van der Waals surface area contributed by atoms with Crippen molar-refractivity contribution in [1.82, 2.24) is 4.98 Å². The van der Waals surface area contributed by atoms with Gasteiger partial charge in [0.05, 0.1) is 0 Å². The summed E-state index contributed by atoms with van der Waals surface area (Å²) >= 11 is 0. The molecule has 0 atom stereocenters. The maximum absolute atomic E-state index is 11.4. The quantitative estimate of drug-likeness (QED) is 0.747. The molecular formula is C13H13N3O3. The van der Waals surface area contributed by atoms with E-state index in [0.717, 1.165) is 5.82 Å². The number of nitrogens with zero attached hydrogens (tertiary/aromatic N) is 3. The summed E-state index contributed by atoms with van der Waals surface area (Å²) in [7, 11) is 0. The van der Waals surface area contributed by atoms with Crippen LogP contribution in [-0.2, 0) is 0 Å². The van der Waals surface area contributed by atoms with Gasteiger partial charge in [-0.1, -0.05) is 6.07 Å². The van der Waals surface area contributed by atoms with Crippen LogP contribution >= 0.6 is 0 Å². The summed E-state index contributed by atoms with van der Waals surface area (Å²) < 4.78 is 0. The minimum absolute atomic E-state index is 0.172. The Balaban J connectivity index is 1.71. The zero-order chi connectivity index (χ0) is 13.4. The van der Waals surface area contributed by atoms with Crippen molar-refractivity contribution in [2.24, 2.45) is 0 Å². The van der Waals surface area contributed by atoms with E-state index in [2.05, 4.69) is 9.88 Å². The van der Waals surface area contributed by atoms with E-state index in [0.29, 0.717) is 26.2 Å². The van der Waals surface area contributed by atoms with Crippen LogP contribution in [0.2, 0.25) is 0 Å². The Morgan fingerprint density at radius 3 is 2.26 bits per heavy atom. The van der Waals surface area contributed by atoms with E-state index in [9.17, 15) is 14.7 Å². The Hall–Kier alpha value is -2.37. The largest absolute Gasteiger partial charge is 0.502 e. The lowest BCUT2D eigenvalue weighted by atomic mass is 10.1. The Labute approximate surface area is 109 Å². The minimum atomic E-state index is -0.776. The Morgan fingerprint density at radius 2 is 1.68 bits per heavy atom. The van der Waals surface area contributed by atoms with Gasteiger partial charge in [-0.3, -0.25) is 9.59 Å². The molecule has 1 saturated heterocycles. The van der Waals surface area contributed by atoms with Gasteiger partial charge in [-0.2, -0.15) is 0 Å². The van der Waals surface area contributed by atoms with Crippen LogP contribution in [0.25, 0.3) is 0 Å². The molecule has 0 aliphatic carbocycles. The highest BCUT2D eigenvalue weighted by atomic mass is 16.3. The highest BCUT2D eigenvalue weighted by Gasteiger charge is 2.28. The number of hydrogen-bond donors (Lipinski definition) is 1. The molecule has 0 spiro atoms. The first-order valence-electron chi connectivity index (χ1n) is 6.11. The standard InChI is InChI=1S/C13H13N3O3/c17-11-10(12(18)13(11)19)16-7-5-15(6-8-16)9-3-1-2-4-14-9/h1-4,17H,5-8H2. The molecule has 0 amide bonds. The third-order valence-electron chi connectivity index (χ3n) is 3.43. The summed E-state index contributed by atoms with van der Waals surface area (Å²) in [4.78, 5) is 30.5. The molecule has 6 nitrogen and oxygen atoms in total. The molecule has 0 bridgehead atoms. The number of piperazine rings is 1. The molecule has 19 heavy (non-hydrogen) atoms. The summed E-state index contributed by atoms with van der Waals surface area (Å²) in [6.45, 7) is 2.59. The molecule has 1 aromatic carbocycles. The summed E-state index contributed by atoms with van der Waals surface area (Å²) in [5.74, 6) is 0.507. The van der Waals surface area contributed by atoms with Gasteiger partial charge >= 0.3 is 0 Å². The normalized spacial score (nSPS) is 16.0. The van der Waals surface area contributed by atoms with E-state index in [1.807, 2.05) is 18.2 Å². The van der Waals surface area contributed by atoms with E-state index >= 15 is 0 Å². The topological polar surface area (TPSA) is 73.7 Å². The zero-order valence-electron chi connectivity index (χ0n) is 10.2. The van der Waals surface area contributed by atoms with Gasteiger partial charge in [0.15, 0.2) is 5.75 Å². The van der Waals surface area contributed by atoms with E-state index in [1.54, 1.807) is 11.1 Å². The van der Waals surface area contributed by atoms with Crippen LogP contribution in [0, 0.1) is 0 Å². The molecule has 1 N–H and O–H groups in total. The van der Waals surface area contributed by atoms with Crippen molar-refractivity contribution < 1.29 is 5.11 Å². The molecule has 0 saturated carbocycles. The average Bonchev–Trinajstić information content (AvgIpc) is 2.49. The summed E-state index contributed by atoms with van der Waals surface area (Å²) in [5.41, 5.74) is -1.18. The Kier molecular flexibility index (Phi) is 2.70. The minimum Gasteiger partial charge on any atom is -0.502 e. The van der Waals surface area contributed by atoms with Crippen molar-refractivity contribution >= 4 is 11.5 Å². The molecule has 0 unspecified atom stereocenters. The summed E-state index contributed by atoms with van der Waals surface area (Å²) in [5, 5.41) is 9.42. The lowest BCUT2D eigenvalue weighted by Gasteiger charge is -2.36. The maximum Gasteiger partial charge on any atom is 0.271 e. The number of rotatable bonds is 2. The number of hydrogen-bond acceptors (Lipinski definition) is 6. The molecule has 1 aromatic heterocycles. The van der Waals surface area contributed by atoms with Gasteiger partial charge in [0.1, 0.15) is 11.5 Å². The number of aromatic hydroxyl groups is 1. The van der Waals surface area contributed by atoms with E-state index in [-0.39, 0.29) is 5.69 Å². The van der Waals surface area contributed by atoms with Crippen LogP contribution in [0.4, 0.5) is 11.5 Å². The highest BCUT2D eigenvalue weighted by molar-refractivity contribution is 5.63. The van der Waals surface area contributed by atoms with Gasteiger partial charge in [0.25, 0.3) is 10.9 Å². The van der Waals surface area contributed by atoms with Crippen LogP contribution in [0.3, 0.4) is 0 Å². The highest BCUT2D eigenvalue weighted by Crippen LogP contribution is 2.23. The van der Waals surface area contributed by atoms with Crippen molar-refractivity contribution in [3.05, 3.63) is 44.8 Å². The van der Waals surface area contributed by atoms with Crippen molar-refractivity contribution in [3.8, 4) is 5.75 Å². The lowest BCUT2D eigenvalue weighted by molar-refractivity contribution is 0.459. The molecule has 1 aliphatic heterocycles. The van der Waals surface area contributed by atoms with Crippen LogP contribution in [-0.4, -0.2) is 36.3 Å². The van der Waals surface area contributed by atoms with Crippen LogP contribution in [0.1, 0.15) is 0 Å². The number of pyridine rings is 1. The van der Waals surface area contributed by atoms with Gasteiger partial charge in [-0.25, -0.2) is 4.98 Å². The van der Waals surface area contributed by atoms with Gasteiger partial charge in [-0.15, -0.1) is 0 Å². The molecule has 6 heteroatoms. The SMILES string of the molecule is O=c1c(O)c(N2CCN(c3ccccn3)CC2)c1=O. The molecule has 2 heterocycles. The third kappa shape index (κ3) is 1.85. The molecule has 98 valence electrons. The van der Waals surface area contributed by atoms with Crippen LogP contribution in [0.5, 0.6) is 5.75 Å². The molecule has 1 fully saturated rings. The van der Waals surface area contributed by atoms with Gasteiger partial charge in [0.2, 0.25) is 0 Å². The second-order valence-electron chi connectivity index (χ2n) is 4.52. The molecule has 3 rings (SSSR count). The lowest BCUT2D eigenvalue weighted by Crippen LogP contribution is -2.50. The van der Waals surface area contributed by atoms with E-state index < -0.39 is 16.6 Å². The zero-order valence-corrected chi connectivity index (χ0v) is 10.2. The Bertz CT molecular complexity index is 653. The smallest absolute Gasteiger partial charge is 0.271 e. The first kappa shape index (κ1) is 11.7. The summed E-state index contributed by atoms with van der Waals surface area (Å²) in [6.07, 6.45) is 1.74. The number of anilines is 2. The average molecular weight is 259 g/mol. The van der Waals surface area contributed by atoms with E-state index in [1.165, 1.54) is 0 Å². The van der Waals surface area contributed by atoms with Gasteiger partial charge in [-0.05, 0) is 12.1 Å². The molecular weight excluding hydrogens is 246 g/mol. The number of aromatic nitrogens is 1. The third-order valence-corrected chi connectivity index (χ3v) is 3.43. The van der Waals surface area contributed by atoms with Crippen LogP contribution < -0.4 is 20.7 Å². The van der Waals surface area contributed by atoms with Gasteiger partial charge in [0, 0.05) is 32.4 Å². The van der Waals surface area contributed by atoms with Crippen molar-refractivity contribution in [2.45, 2.75) is 0 Å². The second kappa shape index (κ2) is 4.38. The fraction of sp³-hybridized carbons (Fsp3) is 0.308. The first-order valence-corrected chi connectivity index (χ1v) is 6.11. The molecule has 2 aromatic rings. The molecule has 1 aliphatic rings. The fourth-order valence-corrected chi connectivity index (χ4v) is 2.36. The van der Waals surface area contributed by atoms with Crippen molar-refractivity contribution in [3.63, 3.8) is 0 Å².